The average Bonchev–Trinajstić information content (AvgIpc) is 3.03. The highest BCUT2D eigenvalue weighted by molar-refractivity contribution is 8.00. The van der Waals surface area contributed by atoms with Gasteiger partial charge in [0.15, 0.2) is 5.82 Å². The number of carbonyl (C=O) groups is 2. The molecule has 8 heteroatoms. The molecule has 1 aliphatic rings. The van der Waals surface area contributed by atoms with E-state index in [1.54, 1.807) is 0 Å². The molecule has 0 bridgehead atoms. The molecule has 1 N–H and O–H groups in total. The number of amides is 1. The van der Waals surface area contributed by atoms with Gasteiger partial charge in [-0.05, 0) is 13.3 Å². The molecule has 0 spiro atoms. The molecule has 116 valence electrons. The minimum Gasteiger partial charge on any atom is -0.480 e. The van der Waals surface area contributed by atoms with E-state index in [0.717, 1.165) is 12.8 Å². The van der Waals surface area contributed by atoms with Gasteiger partial charge in [0.05, 0.1) is 5.37 Å². The fourth-order valence-corrected chi connectivity index (χ4v) is 3.46. The number of hydrogen-bond donors (Lipinski definition) is 1. The summed E-state index contributed by atoms with van der Waals surface area (Å²) in [5, 5.41) is 12.9. The molecule has 1 aromatic heterocycles. The molecular weight excluding hydrogens is 294 g/mol. The molecule has 0 radical (unpaired) electrons. The zero-order valence-corrected chi connectivity index (χ0v) is 12.9. The standard InChI is InChI=1S/C13H19N3O4S/c1-3-4-10-14-11(20-15-10)5-6-12(17)16-8(2)21-7-9(16)13(18)19/h8-9H,3-7H2,1-2H3,(H,18,19). The van der Waals surface area contributed by atoms with E-state index in [0.29, 0.717) is 23.9 Å². The normalized spacial score (nSPS) is 21.7. The number of rotatable bonds is 6. The van der Waals surface area contributed by atoms with Gasteiger partial charge in [-0.1, -0.05) is 12.1 Å². The maximum absolute atomic E-state index is 12.2. The lowest BCUT2D eigenvalue weighted by Crippen LogP contribution is -2.44. The maximum atomic E-state index is 12.2. The van der Waals surface area contributed by atoms with Crippen LogP contribution in [0.4, 0.5) is 0 Å². The number of thioether (sulfide) groups is 1. The first kappa shape index (κ1) is 15.8. The van der Waals surface area contributed by atoms with Crippen LogP contribution >= 0.6 is 11.8 Å². The van der Waals surface area contributed by atoms with Crippen molar-refractivity contribution in [3.63, 3.8) is 0 Å². The molecule has 1 saturated heterocycles. The number of carboxylic acid groups (broad SMARTS) is 1. The summed E-state index contributed by atoms with van der Waals surface area (Å²) in [4.78, 5) is 29.0. The van der Waals surface area contributed by atoms with Gasteiger partial charge >= 0.3 is 5.97 Å². The van der Waals surface area contributed by atoms with Crippen LogP contribution in [0.15, 0.2) is 4.52 Å². The van der Waals surface area contributed by atoms with Crippen LogP contribution in [0.3, 0.4) is 0 Å². The van der Waals surface area contributed by atoms with Crippen LogP contribution in [0.5, 0.6) is 0 Å². The molecular formula is C13H19N3O4S. The van der Waals surface area contributed by atoms with Gasteiger partial charge < -0.3 is 14.5 Å². The van der Waals surface area contributed by atoms with Gasteiger partial charge in [-0.25, -0.2) is 4.79 Å². The maximum Gasteiger partial charge on any atom is 0.327 e. The number of carboxylic acids is 1. The van der Waals surface area contributed by atoms with Crippen molar-refractivity contribution in [2.24, 2.45) is 0 Å². The number of nitrogens with zero attached hydrogens (tertiary/aromatic N) is 3. The Morgan fingerprint density at radius 1 is 1.48 bits per heavy atom. The van der Waals surface area contributed by atoms with E-state index in [1.165, 1.54) is 16.7 Å². The first-order valence-electron chi connectivity index (χ1n) is 7.00. The smallest absolute Gasteiger partial charge is 0.327 e. The molecule has 21 heavy (non-hydrogen) atoms. The Balaban J connectivity index is 1.92. The van der Waals surface area contributed by atoms with E-state index in [-0.39, 0.29) is 17.7 Å². The number of aliphatic carboxylic acids is 1. The summed E-state index contributed by atoms with van der Waals surface area (Å²) in [5.41, 5.74) is 0. The summed E-state index contributed by atoms with van der Waals surface area (Å²) in [6.45, 7) is 3.87. The molecule has 0 aromatic carbocycles. The van der Waals surface area contributed by atoms with Crippen LogP contribution in [0, 0.1) is 0 Å². The van der Waals surface area contributed by atoms with Crippen molar-refractivity contribution >= 4 is 23.6 Å². The lowest BCUT2D eigenvalue weighted by molar-refractivity contribution is -0.148. The molecule has 1 amide bonds. The number of hydrogen-bond acceptors (Lipinski definition) is 6. The largest absolute Gasteiger partial charge is 0.480 e. The molecule has 1 aliphatic heterocycles. The third-order valence-corrected chi connectivity index (χ3v) is 4.55. The average molecular weight is 313 g/mol. The minimum absolute atomic E-state index is 0.114. The molecule has 1 fully saturated rings. The predicted molar refractivity (Wildman–Crippen MR) is 76.8 cm³/mol. The van der Waals surface area contributed by atoms with Crippen LogP contribution < -0.4 is 0 Å². The van der Waals surface area contributed by atoms with E-state index in [1.807, 2.05) is 13.8 Å². The lowest BCUT2D eigenvalue weighted by Gasteiger charge is -2.24. The van der Waals surface area contributed by atoms with Crippen LogP contribution in [-0.4, -0.2) is 49.2 Å². The molecule has 2 heterocycles. The highest BCUT2D eigenvalue weighted by Gasteiger charge is 2.39. The number of aromatic nitrogens is 2. The summed E-state index contributed by atoms with van der Waals surface area (Å²) in [7, 11) is 0. The van der Waals surface area contributed by atoms with Crippen molar-refractivity contribution in [3.05, 3.63) is 11.7 Å². The highest BCUT2D eigenvalue weighted by atomic mass is 32.2. The fourth-order valence-electron chi connectivity index (χ4n) is 2.27. The summed E-state index contributed by atoms with van der Waals surface area (Å²) in [5.74, 6) is 0.369. The first-order chi connectivity index (χ1) is 10.0. The van der Waals surface area contributed by atoms with Crippen molar-refractivity contribution in [1.82, 2.24) is 15.0 Å². The second-order valence-electron chi connectivity index (χ2n) is 4.94. The van der Waals surface area contributed by atoms with Crippen molar-refractivity contribution in [2.45, 2.75) is 50.9 Å². The second-order valence-corrected chi connectivity index (χ2v) is 6.29. The van der Waals surface area contributed by atoms with Crippen molar-refractivity contribution < 1.29 is 19.2 Å². The quantitative estimate of drug-likeness (QED) is 0.846. The summed E-state index contributed by atoms with van der Waals surface area (Å²) in [6, 6.07) is -0.740. The Labute approximate surface area is 127 Å². The zero-order valence-electron chi connectivity index (χ0n) is 12.1. The molecule has 0 aliphatic carbocycles. The highest BCUT2D eigenvalue weighted by Crippen LogP contribution is 2.29. The van der Waals surface area contributed by atoms with Crippen LogP contribution in [-0.2, 0) is 22.4 Å². The van der Waals surface area contributed by atoms with Crippen LogP contribution in [0.1, 0.15) is 38.4 Å². The molecule has 7 nitrogen and oxygen atoms in total. The van der Waals surface area contributed by atoms with Gasteiger partial charge in [-0.3, -0.25) is 4.79 Å². The second kappa shape index (κ2) is 6.93. The van der Waals surface area contributed by atoms with Gasteiger partial charge in [-0.15, -0.1) is 11.8 Å². The number of carbonyl (C=O) groups excluding carboxylic acids is 1. The van der Waals surface area contributed by atoms with Crippen molar-refractivity contribution in [3.8, 4) is 0 Å². The summed E-state index contributed by atoms with van der Waals surface area (Å²) in [6.07, 6.45) is 2.21. The van der Waals surface area contributed by atoms with Crippen molar-refractivity contribution in [1.29, 1.82) is 0 Å². The monoisotopic (exact) mass is 313 g/mol. The summed E-state index contributed by atoms with van der Waals surface area (Å²) < 4.78 is 5.08. The Hall–Kier alpha value is -1.57. The summed E-state index contributed by atoms with van der Waals surface area (Å²) >= 11 is 1.48. The van der Waals surface area contributed by atoms with Gasteiger partial charge in [-0.2, -0.15) is 4.98 Å². The topological polar surface area (TPSA) is 96.5 Å². The Morgan fingerprint density at radius 2 is 2.24 bits per heavy atom. The SMILES string of the molecule is CCCc1noc(CCC(=O)N2C(C)SCC2C(=O)O)n1. The van der Waals surface area contributed by atoms with Crippen LogP contribution in [0.2, 0.25) is 0 Å². The van der Waals surface area contributed by atoms with Gasteiger partial charge in [0.2, 0.25) is 11.8 Å². The predicted octanol–water partition coefficient (Wildman–Crippen LogP) is 1.33. The van der Waals surface area contributed by atoms with E-state index in [9.17, 15) is 9.59 Å². The van der Waals surface area contributed by atoms with E-state index >= 15 is 0 Å². The third kappa shape index (κ3) is 3.75. The fraction of sp³-hybridized carbons (Fsp3) is 0.692. The Bertz CT molecular complexity index is 519. The van der Waals surface area contributed by atoms with Crippen LogP contribution in [0.25, 0.3) is 0 Å². The van der Waals surface area contributed by atoms with Crippen molar-refractivity contribution in [2.75, 3.05) is 5.75 Å². The minimum atomic E-state index is -0.955. The van der Waals surface area contributed by atoms with Gasteiger partial charge in [0.1, 0.15) is 6.04 Å². The molecule has 2 rings (SSSR count). The molecule has 1 aromatic rings. The number of aryl methyl sites for hydroxylation is 2. The van der Waals surface area contributed by atoms with E-state index < -0.39 is 12.0 Å². The zero-order chi connectivity index (χ0) is 15.4. The van der Waals surface area contributed by atoms with Gasteiger partial charge in [0.25, 0.3) is 0 Å². The Morgan fingerprint density at radius 3 is 2.90 bits per heavy atom. The lowest BCUT2D eigenvalue weighted by atomic mass is 10.2. The first-order valence-corrected chi connectivity index (χ1v) is 8.04. The molecule has 2 unspecified atom stereocenters. The molecule has 2 atom stereocenters. The third-order valence-electron chi connectivity index (χ3n) is 3.33. The van der Waals surface area contributed by atoms with E-state index in [2.05, 4.69) is 10.1 Å². The Kier molecular flexibility index (Phi) is 5.22. The van der Waals surface area contributed by atoms with Gasteiger partial charge in [0, 0.05) is 25.0 Å². The molecule has 0 saturated carbocycles. The van der Waals surface area contributed by atoms with E-state index in [4.69, 9.17) is 9.63 Å².